The second-order valence-corrected chi connectivity index (χ2v) is 6.51. The number of aromatic hydroxyl groups is 1. The number of phenolic OH excluding ortho intramolecular Hbond substituents is 1. The van der Waals surface area contributed by atoms with Crippen molar-refractivity contribution in [3.8, 4) is 11.5 Å². The van der Waals surface area contributed by atoms with Crippen LogP contribution in [0.4, 0.5) is 10.6 Å². The number of H-pyrrole nitrogens is 1. The van der Waals surface area contributed by atoms with Crippen molar-refractivity contribution in [2.75, 3.05) is 12.4 Å². The van der Waals surface area contributed by atoms with Gasteiger partial charge in [0.1, 0.15) is 11.4 Å². The normalized spacial score (nSPS) is 11.2. The van der Waals surface area contributed by atoms with Gasteiger partial charge in [-0.1, -0.05) is 6.07 Å². The molecule has 2 rings (SSSR count). The van der Waals surface area contributed by atoms with Crippen molar-refractivity contribution < 1.29 is 19.4 Å². The van der Waals surface area contributed by atoms with E-state index in [2.05, 4.69) is 20.8 Å². The van der Waals surface area contributed by atoms with Gasteiger partial charge in [0.25, 0.3) is 0 Å². The van der Waals surface area contributed by atoms with E-state index in [1.165, 1.54) is 7.11 Å². The molecule has 136 valence electrons. The molecule has 0 aliphatic rings. The van der Waals surface area contributed by atoms with Crippen LogP contribution < -0.4 is 15.4 Å². The van der Waals surface area contributed by atoms with E-state index < -0.39 is 11.7 Å². The molecular weight excluding hydrogens is 324 g/mol. The predicted molar refractivity (Wildman–Crippen MR) is 93.6 cm³/mol. The highest BCUT2D eigenvalue weighted by atomic mass is 16.6. The summed E-state index contributed by atoms with van der Waals surface area (Å²) >= 11 is 0. The Labute approximate surface area is 146 Å². The second kappa shape index (κ2) is 7.89. The van der Waals surface area contributed by atoms with E-state index in [1.807, 2.05) is 0 Å². The smallest absolute Gasteiger partial charge is 0.413 e. The highest BCUT2D eigenvalue weighted by Crippen LogP contribution is 2.26. The molecule has 0 saturated heterocycles. The van der Waals surface area contributed by atoms with Crippen LogP contribution in [0.15, 0.2) is 24.4 Å². The van der Waals surface area contributed by atoms with Crippen molar-refractivity contribution in [2.24, 2.45) is 0 Å². The maximum Gasteiger partial charge on any atom is 0.413 e. The molecule has 0 saturated carbocycles. The fraction of sp³-hybridized carbons (Fsp3) is 0.412. The third-order valence-corrected chi connectivity index (χ3v) is 3.23. The highest BCUT2D eigenvalue weighted by molar-refractivity contribution is 5.84. The summed E-state index contributed by atoms with van der Waals surface area (Å²) in [5, 5.41) is 22.2. The third kappa shape index (κ3) is 5.68. The van der Waals surface area contributed by atoms with E-state index in [-0.39, 0.29) is 5.75 Å². The van der Waals surface area contributed by atoms with Crippen LogP contribution in [0, 0.1) is 0 Å². The lowest BCUT2D eigenvalue weighted by Gasteiger charge is -2.19. The number of nitrogens with zero attached hydrogens (tertiary/aromatic N) is 1. The number of aromatic nitrogens is 2. The number of ether oxygens (including phenoxy) is 2. The van der Waals surface area contributed by atoms with Gasteiger partial charge in [-0.3, -0.25) is 10.4 Å². The molecule has 1 heterocycles. The van der Waals surface area contributed by atoms with Crippen LogP contribution in [0.3, 0.4) is 0 Å². The molecule has 0 atom stereocenters. The number of hydrogen-bond donors (Lipinski definition) is 4. The number of phenols is 1. The first kappa shape index (κ1) is 18.6. The van der Waals surface area contributed by atoms with E-state index in [0.717, 1.165) is 11.1 Å². The molecule has 1 aromatic heterocycles. The monoisotopic (exact) mass is 348 g/mol. The minimum Gasteiger partial charge on any atom is -0.504 e. The Kier molecular flexibility index (Phi) is 5.87. The quantitative estimate of drug-likeness (QED) is 0.639. The first-order chi connectivity index (χ1) is 11.8. The first-order valence-electron chi connectivity index (χ1n) is 7.87. The number of amides is 1. The standard InChI is InChI=1S/C17H24N4O4/c1-17(2,3)25-16(23)20-15-12(10-19-21-15)9-18-8-11-5-6-13(22)14(7-11)24-4/h5-7,10,18,22H,8-9H2,1-4H3,(H2,19,20,21,23). The van der Waals surface area contributed by atoms with Crippen molar-refractivity contribution in [1.82, 2.24) is 15.5 Å². The molecule has 0 unspecified atom stereocenters. The van der Waals surface area contributed by atoms with Gasteiger partial charge in [-0.05, 0) is 38.5 Å². The topological polar surface area (TPSA) is 108 Å². The second-order valence-electron chi connectivity index (χ2n) is 6.51. The minimum absolute atomic E-state index is 0.102. The van der Waals surface area contributed by atoms with Gasteiger partial charge in [0.2, 0.25) is 0 Å². The summed E-state index contributed by atoms with van der Waals surface area (Å²) in [5.74, 6) is 1.02. The SMILES string of the molecule is COc1cc(CNCc2cn[nH]c2NC(=O)OC(C)(C)C)ccc1O. The van der Waals surface area contributed by atoms with Gasteiger partial charge in [-0.15, -0.1) is 0 Å². The lowest BCUT2D eigenvalue weighted by atomic mass is 10.2. The maximum atomic E-state index is 11.8. The van der Waals surface area contributed by atoms with Gasteiger partial charge < -0.3 is 19.9 Å². The van der Waals surface area contributed by atoms with Gasteiger partial charge >= 0.3 is 6.09 Å². The van der Waals surface area contributed by atoms with Crippen LogP contribution in [-0.2, 0) is 17.8 Å². The van der Waals surface area contributed by atoms with Crippen LogP contribution in [0.25, 0.3) is 0 Å². The minimum atomic E-state index is -0.569. The Bertz CT molecular complexity index is 722. The summed E-state index contributed by atoms with van der Waals surface area (Å²) in [6, 6.07) is 5.15. The van der Waals surface area contributed by atoms with Crippen molar-refractivity contribution in [3.05, 3.63) is 35.5 Å². The van der Waals surface area contributed by atoms with Crippen molar-refractivity contribution in [2.45, 2.75) is 39.5 Å². The van der Waals surface area contributed by atoms with Crippen LogP contribution in [-0.4, -0.2) is 34.1 Å². The number of aromatic amines is 1. The summed E-state index contributed by atoms with van der Waals surface area (Å²) in [5.41, 5.74) is 1.19. The molecule has 0 fully saturated rings. The summed E-state index contributed by atoms with van der Waals surface area (Å²) in [4.78, 5) is 11.8. The Morgan fingerprint density at radius 3 is 2.76 bits per heavy atom. The summed E-state index contributed by atoms with van der Waals surface area (Å²) in [6.07, 6.45) is 1.10. The fourth-order valence-electron chi connectivity index (χ4n) is 2.13. The molecule has 25 heavy (non-hydrogen) atoms. The summed E-state index contributed by atoms with van der Waals surface area (Å²) < 4.78 is 10.3. The van der Waals surface area contributed by atoms with Gasteiger partial charge in [0.15, 0.2) is 11.5 Å². The van der Waals surface area contributed by atoms with Gasteiger partial charge in [0, 0.05) is 18.7 Å². The zero-order chi connectivity index (χ0) is 18.4. The number of hydrogen-bond acceptors (Lipinski definition) is 6. The zero-order valence-electron chi connectivity index (χ0n) is 14.8. The van der Waals surface area contributed by atoms with Gasteiger partial charge in [-0.25, -0.2) is 4.79 Å². The van der Waals surface area contributed by atoms with Crippen LogP contribution >= 0.6 is 0 Å². The Balaban J connectivity index is 1.90. The number of benzene rings is 1. The molecule has 0 radical (unpaired) electrons. The molecule has 8 heteroatoms. The van der Waals surface area contributed by atoms with Crippen LogP contribution in [0.1, 0.15) is 31.9 Å². The average Bonchev–Trinajstić information content (AvgIpc) is 2.94. The van der Waals surface area contributed by atoms with E-state index in [1.54, 1.807) is 45.2 Å². The number of methoxy groups -OCH3 is 1. The summed E-state index contributed by atoms with van der Waals surface area (Å²) in [6.45, 7) is 6.45. The average molecular weight is 348 g/mol. The largest absolute Gasteiger partial charge is 0.504 e. The molecule has 0 spiro atoms. The number of anilines is 1. The molecule has 2 aromatic rings. The van der Waals surface area contributed by atoms with E-state index in [4.69, 9.17) is 9.47 Å². The number of rotatable bonds is 6. The Morgan fingerprint density at radius 1 is 1.32 bits per heavy atom. The van der Waals surface area contributed by atoms with E-state index in [0.29, 0.717) is 24.7 Å². The number of carbonyl (C=O) groups excluding carboxylic acids is 1. The van der Waals surface area contributed by atoms with E-state index in [9.17, 15) is 9.90 Å². The summed E-state index contributed by atoms with van der Waals surface area (Å²) in [7, 11) is 1.51. The van der Waals surface area contributed by atoms with Crippen LogP contribution in [0.2, 0.25) is 0 Å². The molecule has 0 aliphatic heterocycles. The molecule has 0 aliphatic carbocycles. The molecule has 4 N–H and O–H groups in total. The molecule has 1 amide bonds. The zero-order valence-corrected chi connectivity index (χ0v) is 14.8. The lowest BCUT2D eigenvalue weighted by Crippen LogP contribution is -2.27. The van der Waals surface area contributed by atoms with Crippen molar-refractivity contribution in [3.63, 3.8) is 0 Å². The lowest BCUT2D eigenvalue weighted by molar-refractivity contribution is 0.0635. The van der Waals surface area contributed by atoms with Crippen molar-refractivity contribution in [1.29, 1.82) is 0 Å². The fourth-order valence-corrected chi connectivity index (χ4v) is 2.13. The first-order valence-corrected chi connectivity index (χ1v) is 7.87. The molecule has 8 nitrogen and oxygen atoms in total. The van der Waals surface area contributed by atoms with E-state index >= 15 is 0 Å². The van der Waals surface area contributed by atoms with Crippen LogP contribution in [0.5, 0.6) is 11.5 Å². The van der Waals surface area contributed by atoms with Gasteiger partial charge in [-0.2, -0.15) is 5.10 Å². The molecular formula is C17H24N4O4. The maximum absolute atomic E-state index is 11.8. The third-order valence-electron chi connectivity index (χ3n) is 3.23. The predicted octanol–water partition coefficient (Wildman–Crippen LogP) is 2.76. The molecule has 1 aromatic carbocycles. The van der Waals surface area contributed by atoms with Crippen molar-refractivity contribution >= 4 is 11.9 Å². The van der Waals surface area contributed by atoms with Gasteiger partial charge in [0.05, 0.1) is 13.3 Å². The number of nitrogens with one attached hydrogen (secondary N) is 3. The Hall–Kier alpha value is -2.74. The highest BCUT2D eigenvalue weighted by Gasteiger charge is 2.17. The molecule has 0 bridgehead atoms. The Morgan fingerprint density at radius 2 is 2.08 bits per heavy atom. The number of carbonyl (C=O) groups is 1.